The molecule has 112 valence electrons. The minimum absolute atomic E-state index is 0.174. The minimum Gasteiger partial charge on any atom is -0.327 e. The van der Waals surface area contributed by atoms with E-state index in [0.29, 0.717) is 10.7 Å². The summed E-state index contributed by atoms with van der Waals surface area (Å²) in [5.41, 5.74) is 6.70. The van der Waals surface area contributed by atoms with Gasteiger partial charge in [-0.2, -0.15) is 0 Å². The molecule has 3 atom stereocenters. The quantitative estimate of drug-likeness (QED) is 0.859. The molecule has 1 saturated carbocycles. The van der Waals surface area contributed by atoms with E-state index >= 15 is 0 Å². The maximum absolute atomic E-state index is 13.0. The summed E-state index contributed by atoms with van der Waals surface area (Å²) in [6.07, 6.45) is 4.72. The van der Waals surface area contributed by atoms with E-state index in [1.807, 2.05) is 23.9 Å². The van der Waals surface area contributed by atoms with Gasteiger partial charge < -0.3 is 5.73 Å². The zero-order chi connectivity index (χ0) is 14.8. The van der Waals surface area contributed by atoms with Crippen molar-refractivity contribution < 1.29 is 4.39 Å². The first kappa shape index (κ1) is 15.8. The number of benzene rings is 1. The van der Waals surface area contributed by atoms with Crippen LogP contribution >= 0.6 is 11.8 Å². The molecule has 1 aromatic rings. The second-order valence-corrected chi connectivity index (χ2v) is 7.94. The Balaban J connectivity index is 2.04. The molecule has 0 aromatic heterocycles. The molecule has 2 N–H and O–H groups in total. The van der Waals surface area contributed by atoms with Gasteiger partial charge in [-0.3, -0.25) is 0 Å². The summed E-state index contributed by atoms with van der Waals surface area (Å²) >= 11 is 1.82. The van der Waals surface area contributed by atoms with Crippen molar-refractivity contribution in [2.45, 2.75) is 62.6 Å². The Hall–Kier alpha value is -0.540. The average molecular weight is 295 g/mol. The molecule has 1 nitrogen and oxygen atoms in total. The number of hydrogen-bond acceptors (Lipinski definition) is 2. The van der Waals surface area contributed by atoms with Crippen LogP contribution in [0.4, 0.5) is 4.39 Å². The molecule has 0 aliphatic heterocycles. The van der Waals surface area contributed by atoms with Crippen LogP contribution in [0.5, 0.6) is 0 Å². The highest BCUT2D eigenvalue weighted by Crippen LogP contribution is 2.44. The van der Waals surface area contributed by atoms with Crippen LogP contribution in [0.1, 0.15) is 46.5 Å². The van der Waals surface area contributed by atoms with E-state index < -0.39 is 0 Å². The SMILES string of the molecule is CCC(C)(C)C1CCC(N)C(Sc2ccc(F)cc2)C1. The topological polar surface area (TPSA) is 26.0 Å². The third-order valence-corrected chi connectivity index (χ3v) is 6.35. The molecule has 1 aliphatic carbocycles. The third-order valence-electron chi connectivity index (χ3n) is 4.96. The molecule has 1 aliphatic rings. The monoisotopic (exact) mass is 295 g/mol. The molecule has 20 heavy (non-hydrogen) atoms. The molecule has 0 saturated heterocycles. The van der Waals surface area contributed by atoms with Gasteiger partial charge >= 0.3 is 0 Å². The van der Waals surface area contributed by atoms with Gasteiger partial charge in [0.25, 0.3) is 0 Å². The molecule has 0 bridgehead atoms. The molecule has 0 amide bonds. The zero-order valence-corrected chi connectivity index (χ0v) is 13.5. The van der Waals surface area contributed by atoms with Gasteiger partial charge in [0, 0.05) is 16.2 Å². The Labute approximate surface area is 126 Å². The lowest BCUT2D eigenvalue weighted by atomic mass is 9.69. The number of thioether (sulfide) groups is 1. The van der Waals surface area contributed by atoms with Gasteiger partial charge in [0.05, 0.1) is 0 Å². The van der Waals surface area contributed by atoms with Crippen molar-refractivity contribution in [2.75, 3.05) is 0 Å². The lowest BCUT2D eigenvalue weighted by Crippen LogP contribution is -2.42. The predicted molar refractivity (Wildman–Crippen MR) is 85.4 cm³/mol. The fourth-order valence-electron chi connectivity index (χ4n) is 2.97. The normalized spacial score (nSPS) is 27.6. The summed E-state index contributed by atoms with van der Waals surface area (Å²) in [4.78, 5) is 1.13. The molecule has 3 unspecified atom stereocenters. The molecule has 2 rings (SSSR count). The summed E-state index contributed by atoms with van der Waals surface area (Å²) in [5.74, 6) is 0.567. The standard InChI is InChI=1S/C17H26FNS/c1-4-17(2,3)12-5-10-15(19)16(11-12)20-14-8-6-13(18)7-9-14/h6-9,12,15-16H,4-5,10-11,19H2,1-3H3. The number of rotatable bonds is 4. The van der Waals surface area contributed by atoms with Gasteiger partial charge in [-0.1, -0.05) is 27.2 Å². The third kappa shape index (κ3) is 3.76. The van der Waals surface area contributed by atoms with E-state index in [2.05, 4.69) is 20.8 Å². The highest BCUT2D eigenvalue weighted by atomic mass is 32.2. The zero-order valence-electron chi connectivity index (χ0n) is 12.7. The van der Waals surface area contributed by atoms with Crippen LogP contribution in [0, 0.1) is 17.2 Å². The second kappa shape index (κ2) is 6.48. The van der Waals surface area contributed by atoms with Crippen LogP contribution in [0.2, 0.25) is 0 Å². The van der Waals surface area contributed by atoms with E-state index in [1.54, 1.807) is 0 Å². The van der Waals surface area contributed by atoms with Crippen LogP contribution in [0.25, 0.3) is 0 Å². The number of hydrogen-bond donors (Lipinski definition) is 1. The van der Waals surface area contributed by atoms with Crippen molar-refractivity contribution in [2.24, 2.45) is 17.1 Å². The van der Waals surface area contributed by atoms with Crippen LogP contribution in [0.15, 0.2) is 29.2 Å². The van der Waals surface area contributed by atoms with Gasteiger partial charge in [0.2, 0.25) is 0 Å². The first-order valence-electron chi connectivity index (χ1n) is 7.60. The Bertz CT molecular complexity index is 429. The fraction of sp³-hybridized carbons (Fsp3) is 0.647. The smallest absolute Gasteiger partial charge is 0.123 e. The predicted octanol–water partition coefficient (Wildman–Crippen LogP) is 4.85. The average Bonchev–Trinajstić information content (AvgIpc) is 2.43. The van der Waals surface area contributed by atoms with Crippen LogP contribution in [0.3, 0.4) is 0 Å². The summed E-state index contributed by atoms with van der Waals surface area (Å²) in [6.45, 7) is 7.01. The molecule has 0 heterocycles. The number of nitrogens with two attached hydrogens (primary N) is 1. The largest absolute Gasteiger partial charge is 0.327 e. The molecule has 0 radical (unpaired) electrons. The summed E-state index contributed by atoms with van der Waals surface area (Å²) in [6, 6.07) is 7.05. The molecule has 3 heteroatoms. The maximum Gasteiger partial charge on any atom is 0.123 e. The van der Waals surface area contributed by atoms with Crippen molar-refractivity contribution in [3.63, 3.8) is 0 Å². The highest BCUT2D eigenvalue weighted by Gasteiger charge is 2.36. The Kier molecular flexibility index (Phi) is 5.14. The highest BCUT2D eigenvalue weighted by molar-refractivity contribution is 8.00. The maximum atomic E-state index is 13.0. The Morgan fingerprint density at radius 2 is 1.90 bits per heavy atom. The summed E-state index contributed by atoms with van der Waals surface area (Å²) in [7, 11) is 0. The van der Waals surface area contributed by atoms with Gasteiger partial charge in [-0.15, -0.1) is 11.8 Å². The Morgan fingerprint density at radius 3 is 2.50 bits per heavy atom. The minimum atomic E-state index is -0.174. The van der Waals surface area contributed by atoms with Gasteiger partial charge in [-0.25, -0.2) is 4.39 Å². The first-order chi connectivity index (χ1) is 9.42. The van der Waals surface area contributed by atoms with Crippen LogP contribution in [-0.2, 0) is 0 Å². The molecular formula is C17H26FNS. The van der Waals surface area contributed by atoms with Gasteiger partial charge in [0.15, 0.2) is 0 Å². The van der Waals surface area contributed by atoms with Crippen LogP contribution < -0.4 is 5.73 Å². The van der Waals surface area contributed by atoms with E-state index in [9.17, 15) is 4.39 Å². The van der Waals surface area contributed by atoms with Crippen molar-refractivity contribution in [3.05, 3.63) is 30.1 Å². The fourth-order valence-corrected chi connectivity index (χ4v) is 4.26. The summed E-state index contributed by atoms with van der Waals surface area (Å²) in [5, 5.41) is 0.449. The Morgan fingerprint density at radius 1 is 1.25 bits per heavy atom. The lowest BCUT2D eigenvalue weighted by Gasteiger charge is -2.41. The van der Waals surface area contributed by atoms with E-state index in [-0.39, 0.29) is 11.9 Å². The van der Waals surface area contributed by atoms with E-state index in [0.717, 1.165) is 17.2 Å². The lowest BCUT2D eigenvalue weighted by molar-refractivity contribution is 0.148. The van der Waals surface area contributed by atoms with Crippen molar-refractivity contribution in [1.29, 1.82) is 0 Å². The first-order valence-corrected chi connectivity index (χ1v) is 8.48. The van der Waals surface area contributed by atoms with Gasteiger partial charge in [-0.05, 0) is 54.9 Å². The number of halogens is 1. The van der Waals surface area contributed by atoms with Crippen LogP contribution in [-0.4, -0.2) is 11.3 Å². The molecule has 1 fully saturated rings. The van der Waals surface area contributed by atoms with Gasteiger partial charge in [0.1, 0.15) is 5.82 Å². The second-order valence-electron chi connectivity index (χ2n) is 6.63. The van der Waals surface area contributed by atoms with E-state index in [1.165, 1.54) is 31.4 Å². The molecule has 1 aromatic carbocycles. The summed E-state index contributed by atoms with van der Waals surface area (Å²) < 4.78 is 13.0. The molecule has 0 spiro atoms. The van der Waals surface area contributed by atoms with Crippen molar-refractivity contribution >= 4 is 11.8 Å². The molecular weight excluding hydrogens is 269 g/mol. The van der Waals surface area contributed by atoms with E-state index in [4.69, 9.17) is 5.73 Å². The van der Waals surface area contributed by atoms with Crippen molar-refractivity contribution in [1.82, 2.24) is 0 Å². The van der Waals surface area contributed by atoms with Crippen molar-refractivity contribution in [3.8, 4) is 0 Å².